The molecule has 0 fully saturated rings. The van der Waals surface area contributed by atoms with Crippen LogP contribution in [0.2, 0.25) is 0 Å². The van der Waals surface area contributed by atoms with E-state index in [4.69, 9.17) is 23.3 Å². The van der Waals surface area contributed by atoms with E-state index < -0.39 is 85.0 Å². The molecule has 0 aliphatic rings. The van der Waals surface area contributed by atoms with Crippen molar-refractivity contribution >= 4 is 89.8 Å². The van der Waals surface area contributed by atoms with Gasteiger partial charge >= 0.3 is 118 Å². The topological polar surface area (TPSA) is 365 Å². The molecule has 0 saturated carbocycles. The second kappa shape index (κ2) is 23.5. The maximum Gasteiger partial charge on any atom is 1.00 e. The molecule has 0 amide bonds. The Kier molecular flexibility index (Phi) is 24.1. The van der Waals surface area contributed by atoms with Crippen LogP contribution >= 0.6 is 0 Å². The molecule has 4 aromatic rings. The first-order valence-corrected chi connectivity index (χ1v) is 20.8. The van der Waals surface area contributed by atoms with Crippen LogP contribution in [0.3, 0.4) is 0 Å². The van der Waals surface area contributed by atoms with Gasteiger partial charge in [-0.25, -0.2) is 42.1 Å². The maximum atomic E-state index is 12.4. The zero-order chi connectivity index (χ0) is 39.3. The fourth-order valence-corrected chi connectivity index (χ4v) is 6.83. The summed E-state index contributed by atoms with van der Waals surface area (Å²) in [6.45, 7) is 2.46. The number of phenolic OH excluding ortho intramolecular Hbond substituents is 1. The summed E-state index contributed by atoms with van der Waals surface area (Å²) in [7, 11) is -22.8. The SMILES string of the molecule is O=S(=O)([O-])O.[CH2-]CS(=O)(=O)c1ccc(N=Nc2[c-]cc3cc(S(=O)(=O)[O-])c(N=Nc4ccc(S(=O)(=O)CCOS(=O)(=O)[O-])cc4)c(N)c3c2O)cc1.[Na+].[Na+].[Na+].[Na+]. The van der Waals surface area contributed by atoms with Crippen molar-refractivity contribution < 1.29 is 188 Å². The number of aromatic hydroxyl groups is 1. The summed E-state index contributed by atoms with van der Waals surface area (Å²) < 4.78 is 153. The minimum atomic E-state index is -5.21. The molecule has 4 rings (SSSR count). The maximum absolute atomic E-state index is 12.4. The van der Waals surface area contributed by atoms with Crippen molar-refractivity contribution in [2.24, 2.45) is 20.5 Å². The van der Waals surface area contributed by atoms with E-state index in [1.165, 1.54) is 30.3 Å². The van der Waals surface area contributed by atoms with Gasteiger partial charge in [0.05, 0.1) is 38.4 Å². The smallest absolute Gasteiger partial charge is 0.744 e. The number of anilines is 1. The second-order valence-corrected chi connectivity index (χ2v) is 17.2. The number of fused-ring (bicyclic) bond motifs is 1. The Hall–Kier alpha value is -0.510. The molecule has 0 aliphatic carbocycles. The van der Waals surface area contributed by atoms with E-state index in [0.717, 1.165) is 30.3 Å². The molecule has 4 aromatic carbocycles. The van der Waals surface area contributed by atoms with E-state index in [1.54, 1.807) is 0 Å². The van der Waals surface area contributed by atoms with Gasteiger partial charge < -0.3 is 31.4 Å². The Labute approximate surface area is 410 Å². The number of nitrogens with two attached hydrogens (primary N) is 1. The third-order valence-electron chi connectivity index (χ3n) is 6.20. The summed E-state index contributed by atoms with van der Waals surface area (Å²) in [4.78, 5) is -1.16. The number of azo groups is 2. The first-order chi connectivity index (χ1) is 23.8. The number of hydrogen-bond donors (Lipinski definition) is 3. The van der Waals surface area contributed by atoms with Crippen LogP contribution in [-0.2, 0) is 54.8 Å². The molecule has 21 nitrogen and oxygen atoms in total. The van der Waals surface area contributed by atoms with Crippen LogP contribution < -0.4 is 124 Å². The third kappa shape index (κ3) is 17.6. The van der Waals surface area contributed by atoms with E-state index in [9.17, 15) is 47.9 Å². The van der Waals surface area contributed by atoms with Gasteiger partial charge in [0.2, 0.25) is 20.8 Å². The van der Waals surface area contributed by atoms with Crippen molar-refractivity contribution in [2.75, 3.05) is 23.8 Å². The van der Waals surface area contributed by atoms with Gasteiger partial charge in [-0.05, 0) is 48.5 Å². The molecule has 0 unspecified atom stereocenters. The fraction of sp³-hybridized carbons (Fsp3) is 0.115. The fourth-order valence-electron chi connectivity index (χ4n) is 3.91. The molecule has 0 aliphatic heterocycles. The van der Waals surface area contributed by atoms with Crippen LogP contribution in [-0.4, -0.2) is 83.5 Å². The molecule has 30 heteroatoms. The van der Waals surface area contributed by atoms with Gasteiger partial charge in [-0.3, -0.25) is 8.74 Å². The van der Waals surface area contributed by atoms with Gasteiger partial charge in [-0.1, -0.05) is 17.2 Å². The number of phenols is 1. The average Bonchev–Trinajstić information content (AvgIpc) is 3.02. The van der Waals surface area contributed by atoms with Crippen LogP contribution in [0, 0.1) is 13.0 Å². The predicted molar refractivity (Wildman–Crippen MR) is 175 cm³/mol. The summed E-state index contributed by atoms with van der Waals surface area (Å²) in [6, 6.07) is 14.4. The minimum absolute atomic E-state index is 0. The summed E-state index contributed by atoms with van der Waals surface area (Å²) in [6.07, 6.45) is 0. The van der Waals surface area contributed by atoms with E-state index in [1.807, 2.05) is 0 Å². The van der Waals surface area contributed by atoms with Gasteiger partial charge in [0.1, 0.15) is 15.8 Å². The van der Waals surface area contributed by atoms with Crippen molar-refractivity contribution in [1.29, 1.82) is 0 Å². The molecule has 0 aromatic heterocycles. The monoisotopic (exact) mass is 912 g/mol. The molecular formula is C26H22N5Na4O16S5-. The predicted octanol–water partition coefficient (Wildman–Crippen LogP) is -9.46. The molecule has 0 bridgehead atoms. The molecule has 0 spiro atoms. The molecule has 282 valence electrons. The number of benzene rings is 4. The Morgan fingerprint density at radius 3 is 1.61 bits per heavy atom. The molecule has 0 heterocycles. The molecule has 4 N–H and O–H groups in total. The Morgan fingerprint density at radius 2 is 1.18 bits per heavy atom. The second-order valence-electron chi connectivity index (χ2n) is 9.72. The van der Waals surface area contributed by atoms with Gasteiger partial charge in [-0.15, -0.1) is 10.5 Å². The molecular weight excluding hydrogens is 891 g/mol. The van der Waals surface area contributed by atoms with Crippen molar-refractivity contribution in [3.63, 3.8) is 0 Å². The van der Waals surface area contributed by atoms with E-state index in [2.05, 4.69) is 37.6 Å². The number of nitrogen functional groups attached to an aromatic ring is 1. The Balaban J connectivity index is 0. The van der Waals surface area contributed by atoms with Gasteiger partial charge in [-0.2, -0.15) is 27.5 Å². The number of rotatable bonds is 12. The van der Waals surface area contributed by atoms with Crippen LogP contribution in [0.5, 0.6) is 5.75 Å². The molecule has 0 radical (unpaired) electrons. The summed E-state index contributed by atoms with van der Waals surface area (Å²) >= 11 is 0. The van der Waals surface area contributed by atoms with Crippen LogP contribution in [0.4, 0.5) is 28.4 Å². The first-order valence-electron chi connectivity index (χ1n) is 13.3. The summed E-state index contributed by atoms with van der Waals surface area (Å²) in [5.41, 5.74) is 4.95. The normalized spacial score (nSPS) is 12.1. The number of sulfone groups is 2. The summed E-state index contributed by atoms with van der Waals surface area (Å²) in [5.74, 6) is -1.79. The number of hydrogen-bond acceptors (Lipinski definition) is 20. The molecule has 56 heavy (non-hydrogen) atoms. The Bertz CT molecular complexity index is 2610. The largest absolute Gasteiger partial charge is 1.00 e. The van der Waals surface area contributed by atoms with Crippen molar-refractivity contribution in [3.05, 3.63) is 73.7 Å². The standard InChI is InChI=1S/C26H23N5O12S4.4Na.H2O4S/c1-2-44(33,34)19-8-4-17(5-9-19)28-30-21-12-3-16-15-22(46(37,38)39)25(24(27)23(16)26(21)32)31-29-18-6-10-20(11-7-18)45(35,36)14-13-43-47(40,41)42;;;;;1-5(2,3)4/h3-11,15,32H,1-2,13-14,27H2,(H,37,38,39)(H,40,41,42);;;;;(H2,1,2,3,4)/q-2;4*+1;/p-3. The van der Waals surface area contributed by atoms with Crippen LogP contribution in [0.25, 0.3) is 10.8 Å². The van der Waals surface area contributed by atoms with E-state index in [-0.39, 0.29) is 162 Å². The average molecular weight is 913 g/mol. The van der Waals surface area contributed by atoms with Gasteiger partial charge in [0.15, 0.2) is 19.7 Å². The molecule has 0 saturated heterocycles. The van der Waals surface area contributed by atoms with E-state index in [0.29, 0.717) is 0 Å². The number of nitrogens with zero attached hydrogens (tertiary/aromatic N) is 4. The first kappa shape index (κ1) is 57.6. The van der Waals surface area contributed by atoms with Gasteiger partial charge in [0, 0.05) is 17.1 Å². The van der Waals surface area contributed by atoms with E-state index >= 15 is 0 Å². The van der Waals surface area contributed by atoms with Gasteiger partial charge in [0.25, 0.3) is 0 Å². The zero-order valence-corrected chi connectivity index (χ0v) is 41.7. The van der Waals surface area contributed by atoms with Crippen LogP contribution in [0.1, 0.15) is 0 Å². The zero-order valence-electron chi connectivity index (χ0n) is 29.6. The Morgan fingerprint density at radius 1 is 0.732 bits per heavy atom. The van der Waals surface area contributed by atoms with Crippen molar-refractivity contribution in [3.8, 4) is 5.75 Å². The van der Waals surface area contributed by atoms with Crippen LogP contribution in [0.15, 0.2) is 95.8 Å². The molecule has 0 atom stereocenters. The van der Waals surface area contributed by atoms with Crippen molar-refractivity contribution in [2.45, 2.75) is 14.7 Å². The quantitative estimate of drug-likeness (QED) is 0.0297. The van der Waals surface area contributed by atoms with Crippen molar-refractivity contribution in [1.82, 2.24) is 0 Å². The minimum Gasteiger partial charge on any atom is -0.744 e. The third-order valence-corrected chi connectivity index (χ3v) is 10.7. The summed E-state index contributed by atoms with van der Waals surface area (Å²) in [5, 5.41) is 26.2.